The number of likely N-dealkylation sites (tertiary alicyclic amines) is 1. The molecular formula is C23H26N8O2S. The first-order valence-corrected chi connectivity index (χ1v) is 12.0. The van der Waals surface area contributed by atoms with Crippen molar-refractivity contribution in [2.24, 2.45) is 7.05 Å². The summed E-state index contributed by atoms with van der Waals surface area (Å²) in [6, 6.07) is 1.67. The van der Waals surface area contributed by atoms with Crippen LogP contribution in [0.15, 0.2) is 37.1 Å². The zero-order chi connectivity index (χ0) is 23.7. The molecule has 34 heavy (non-hydrogen) atoms. The molecule has 0 radical (unpaired) electrons. The molecule has 4 aromatic rings. The minimum absolute atomic E-state index is 0.200. The molecule has 2 N–H and O–H groups in total. The fourth-order valence-corrected chi connectivity index (χ4v) is 5.07. The molecule has 0 atom stereocenters. The van der Waals surface area contributed by atoms with E-state index in [4.69, 9.17) is 0 Å². The summed E-state index contributed by atoms with van der Waals surface area (Å²) in [6.45, 7) is 5.40. The second-order valence-corrected chi connectivity index (χ2v) is 9.45. The lowest BCUT2D eigenvalue weighted by molar-refractivity contribution is 0.0948. The highest BCUT2D eigenvalue weighted by molar-refractivity contribution is 7.21. The second kappa shape index (κ2) is 9.35. The van der Waals surface area contributed by atoms with Crippen LogP contribution in [-0.2, 0) is 7.05 Å². The van der Waals surface area contributed by atoms with E-state index in [2.05, 4.69) is 30.7 Å². The molecule has 2 amide bonds. The molecule has 11 heteroatoms. The Kier molecular flexibility index (Phi) is 6.12. The van der Waals surface area contributed by atoms with Crippen molar-refractivity contribution in [1.29, 1.82) is 0 Å². The summed E-state index contributed by atoms with van der Waals surface area (Å²) in [7, 11) is 1.86. The largest absolute Gasteiger partial charge is 0.351 e. The molecule has 4 aromatic heterocycles. The van der Waals surface area contributed by atoms with E-state index in [1.807, 2.05) is 19.4 Å². The number of aromatic nitrogens is 5. The molecule has 1 saturated heterocycles. The van der Waals surface area contributed by atoms with Crippen molar-refractivity contribution in [3.05, 3.63) is 53.9 Å². The number of rotatable bonds is 7. The maximum Gasteiger partial charge on any atom is 0.260 e. The molecule has 1 aliphatic rings. The van der Waals surface area contributed by atoms with Gasteiger partial charge >= 0.3 is 0 Å². The molecule has 0 aliphatic carbocycles. The van der Waals surface area contributed by atoms with E-state index in [1.165, 1.54) is 30.4 Å². The molecule has 0 saturated carbocycles. The summed E-state index contributed by atoms with van der Waals surface area (Å²) >= 11 is 1.47. The van der Waals surface area contributed by atoms with Crippen molar-refractivity contribution in [2.45, 2.75) is 19.8 Å². The molecule has 10 nitrogen and oxygen atoms in total. The number of thiazole rings is 1. The number of nitrogens with zero attached hydrogens (tertiary/aromatic N) is 6. The van der Waals surface area contributed by atoms with E-state index in [-0.39, 0.29) is 11.8 Å². The number of hydrogen-bond acceptors (Lipinski definition) is 7. The van der Waals surface area contributed by atoms with E-state index in [9.17, 15) is 9.59 Å². The quantitative estimate of drug-likeness (QED) is 0.423. The van der Waals surface area contributed by atoms with Gasteiger partial charge in [0.25, 0.3) is 11.8 Å². The third-order valence-corrected chi connectivity index (χ3v) is 7.10. The van der Waals surface area contributed by atoms with E-state index in [0.717, 1.165) is 34.9 Å². The topological polar surface area (TPSA) is 109 Å². The lowest BCUT2D eigenvalue weighted by atomic mass is 10.2. The first kappa shape index (κ1) is 22.2. The predicted molar refractivity (Wildman–Crippen MR) is 130 cm³/mol. The number of pyridine rings is 1. The van der Waals surface area contributed by atoms with Gasteiger partial charge in [-0.25, -0.2) is 4.52 Å². The van der Waals surface area contributed by atoms with Crippen LogP contribution in [0.5, 0.6) is 0 Å². The highest BCUT2D eigenvalue weighted by Gasteiger charge is 2.19. The Morgan fingerprint density at radius 1 is 1.09 bits per heavy atom. The highest BCUT2D eigenvalue weighted by atomic mass is 32.1. The van der Waals surface area contributed by atoms with E-state index in [0.29, 0.717) is 29.1 Å². The zero-order valence-corrected chi connectivity index (χ0v) is 19.9. The molecular weight excluding hydrogens is 452 g/mol. The number of carbonyl (C=O) groups excluding carboxylic acids is 2. The van der Waals surface area contributed by atoms with Crippen molar-refractivity contribution in [2.75, 3.05) is 31.5 Å². The molecule has 1 aliphatic heterocycles. The maximum absolute atomic E-state index is 13.1. The minimum atomic E-state index is -0.300. The molecule has 0 spiro atoms. The van der Waals surface area contributed by atoms with Crippen LogP contribution in [0.3, 0.4) is 0 Å². The van der Waals surface area contributed by atoms with Gasteiger partial charge in [0.15, 0.2) is 0 Å². The smallest absolute Gasteiger partial charge is 0.260 e. The first-order chi connectivity index (χ1) is 16.5. The van der Waals surface area contributed by atoms with Crippen LogP contribution in [0.25, 0.3) is 15.3 Å². The van der Waals surface area contributed by atoms with Crippen molar-refractivity contribution < 1.29 is 9.59 Å². The lowest BCUT2D eigenvalue weighted by Gasteiger charge is -2.15. The van der Waals surface area contributed by atoms with E-state index < -0.39 is 0 Å². The Morgan fingerprint density at radius 3 is 2.68 bits per heavy atom. The van der Waals surface area contributed by atoms with Crippen LogP contribution in [-0.4, -0.2) is 67.3 Å². The number of aryl methyl sites for hydroxylation is 2. The third-order valence-electron chi connectivity index (χ3n) is 5.94. The van der Waals surface area contributed by atoms with Crippen LogP contribution < -0.4 is 10.6 Å². The van der Waals surface area contributed by atoms with Gasteiger partial charge in [0.05, 0.1) is 39.8 Å². The fourth-order valence-electron chi connectivity index (χ4n) is 4.03. The number of carbonyl (C=O) groups is 2. The van der Waals surface area contributed by atoms with Crippen LogP contribution in [0.2, 0.25) is 0 Å². The Bertz CT molecular complexity index is 1350. The lowest BCUT2D eigenvalue weighted by Crippen LogP contribution is -2.33. The van der Waals surface area contributed by atoms with Gasteiger partial charge in [-0.3, -0.25) is 19.3 Å². The molecule has 0 bridgehead atoms. The van der Waals surface area contributed by atoms with Gasteiger partial charge in [-0.1, -0.05) is 0 Å². The van der Waals surface area contributed by atoms with Crippen LogP contribution in [0.4, 0.5) is 5.69 Å². The second-order valence-electron chi connectivity index (χ2n) is 8.42. The number of hydrogen-bond donors (Lipinski definition) is 2. The Hall–Kier alpha value is -3.57. The normalized spacial score (nSPS) is 14.1. The van der Waals surface area contributed by atoms with Crippen molar-refractivity contribution in [3.8, 4) is 10.4 Å². The SMILES string of the molecule is Cc1ncc(C(=O)NCCN2CCCC2)cc1NC(=O)c1cnn2cc(-c3cnn(C)c3)sc12. The third kappa shape index (κ3) is 4.57. The zero-order valence-electron chi connectivity index (χ0n) is 19.1. The van der Waals surface area contributed by atoms with E-state index in [1.54, 1.807) is 34.6 Å². The molecule has 176 valence electrons. The standard InChI is InChI=1S/C23H26N8O2S/c1-15-19(9-16(10-25-15)21(32)24-5-8-30-6-3-4-7-30)28-22(33)18-12-27-31-14-20(34-23(18)31)17-11-26-29(2)13-17/h9-14H,3-8H2,1-2H3,(H,24,32)(H,28,33). The van der Waals surface area contributed by atoms with Gasteiger partial charge in [0.2, 0.25) is 0 Å². The van der Waals surface area contributed by atoms with Crippen molar-refractivity contribution in [3.63, 3.8) is 0 Å². The number of nitrogens with one attached hydrogen (secondary N) is 2. The van der Waals surface area contributed by atoms with Crippen LogP contribution in [0.1, 0.15) is 39.3 Å². The molecule has 0 aromatic carbocycles. The van der Waals surface area contributed by atoms with Crippen molar-refractivity contribution >= 4 is 33.7 Å². The van der Waals surface area contributed by atoms with Gasteiger partial charge < -0.3 is 15.5 Å². The number of amides is 2. The average Bonchev–Trinajstić information content (AvgIpc) is 3.59. The predicted octanol–water partition coefficient (Wildman–Crippen LogP) is 2.58. The highest BCUT2D eigenvalue weighted by Crippen LogP contribution is 2.30. The molecule has 1 fully saturated rings. The molecule has 5 heterocycles. The van der Waals surface area contributed by atoms with Gasteiger partial charge in [0.1, 0.15) is 4.83 Å². The Balaban J connectivity index is 1.29. The summed E-state index contributed by atoms with van der Waals surface area (Å²) < 4.78 is 3.42. The minimum Gasteiger partial charge on any atom is -0.351 e. The summed E-state index contributed by atoms with van der Waals surface area (Å²) in [5.74, 6) is -0.499. The fraction of sp³-hybridized carbons (Fsp3) is 0.348. The monoisotopic (exact) mass is 478 g/mol. The Morgan fingerprint density at radius 2 is 1.91 bits per heavy atom. The Labute approximate surface area is 200 Å². The maximum atomic E-state index is 13.1. The van der Waals surface area contributed by atoms with Gasteiger partial charge in [-0.2, -0.15) is 10.2 Å². The average molecular weight is 479 g/mol. The van der Waals surface area contributed by atoms with Crippen LogP contribution >= 0.6 is 11.3 Å². The number of anilines is 1. The summed E-state index contributed by atoms with van der Waals surface area (Å²) in [5.41, 5.74) is 2.97. The van der Waals surface area contributed by atoms with Crippen LogP contribution in [0, 0.1) is 6.92 Å². The van der Waals surface area contributed by atoms with Gasteiger partial charge in [0, 0.05) is 44.3 Å². The summed E-state index contributed by atoms with van der Waals surface area (Å²) in [5, 5.41) is 14.4. The first-order valence-electron chi connectivity index (χ1n) is 11.2. The molecule has 5 rings (SSSR count). The van der Waals surface area contributed by atoms with Crippen molar-refractivity contribution in [1.82, 2.24) is 34.6 Å². The summed E-state index contributed by atoms with van der Waals surface area (Å²) in [4.78, 5) is 34.1. The molecule has 0 unspecified atom stereocenters. The van der Waals surface area contributed by atoms with Gasteiger partial charge in [-0.05, 0) is 38.9 Å². The number of fused-ring (bicyclic) bond motifs is 1. The van der Waals surface area contributed by atoms with Gasteiger partial charge in [-0.15, -0.1) is 11.3 Å². The summed E-state index contributed by atoms with van der Waals surface area (Å²) in [6.07, 6.45) is 11.1. The van der Waals surface area contributed by atoms with E-state index >= 15 is 0 Å².